The fourth-order valence-corrected chi connectivity index (χ4v) is 3.69. The lowest BCUT2D eigenvalue weighted by Gasteiger charge is -2.15. The minimum absolute atomic E-state index is 0.0414. The summed E-state index contributed by atoms with van der Waals surface area (Å²) in [4.78, 5) is 14.0. The molecule has 0 amide bonds. The van der Waals surface area contributed by atoms with E-state index < -0.39 is 0 Å². The number of aromatic nitrogens is 5. The van der Waals surface area contributed by atoms with Gasteiger partial charge >= 0.3 is 0 Å². The quantitative estimate of drug-likeness (QED) is 0.378. The first-order valence-electron chi connectivity index (χ1n) is 10.3. The Balaban J connectivity index is 1.59. The van der Waals surface area contributed by atoms with Gasteiger partial charge in [0.25, 0.3) is 0 Å². The molecule has 3 heterocycles. The van der Waals surface area contributed by atoms with Crippen LogP contribution in [0.25, 0.3) is 33.5 Å². The lowest BCUT2D eigenvalue weighted by Crippen LogP contribution is -2.09. The predicted octanol–water partition coefficient (Wildman–Crippen LogP) is 5.70. The van der Waals surface area contributed by atoms with Crippen molar-refractivity contribution in [2.45, 2.75) is 19.9 Å². The molecule has 0 fully saturated rings. The van der Waals surface area contributed by atoms with Crippen LogP contribution < -0.4 is 5.32 Å². The van der Waals surface area contributed by atoms with Crippen molar-refractivity contribution in [3.05, 3.63) is 90.0 Å². The number of aromatic amines is 1. The average Bonchev–Trinajstić information content (AvgIpc) is 3.19. The zero-order valence-corrected chi connectivity index (χ0v) is 17.7. The van der Waals surface area contributed by atoms with E-state index in [1.165, 1.54) is 12.1 Å². The lowest BCUT2D eigenvalue weighted by atomic mass is 10.0. The van der Waals surface area contributed by atoms with Gasteiger partial charge in [-0.05, 0) is 55.8 Å². The summed E-state index contributed by atoms with van der Waals surface area (Å²) in [6.45, 7) is 3.99. The summed E-state index contributed by atoms with van der Waals surface area (Å²) < 4.78 is 13.5. The van der Waals surface area contributed by atoms with Crippen LogP contribution in [0.2, 0.25) is 0 Å². The molecule has 0 saturated heterocycles. The van der Waals surface area contributed by atoms with Crippen LogP contribution >= 0.6 is 0 Å². The van der Waals surface area contributed by atoms with Crippen molar-refractivity contribution in [2.24, 2.45) is 0 Å². The first-order chi connectivity index (χ1) is 15.6. The molecule has 5 aromatic rings. The number of anilines is 1. The first-order valence-corrected chi connectivity index (χ1v) is 10.3. The fourth-order valence-electron chi connectivity index (χ4n) is 3.69. The van der Waals surface area contributed by atoms with Gasteiger partial charge in [-0.25, -0.2) is 19.3 Å². The van der Waals surface area contributed by atoms with Crippen LogP contribution in [0.3, 0.4) is 0 Å². The second-order valence-corrected chi connectivity index (χ2v) is 7.64. The normalized spacial score (nSPS) is 12.1. The van der Waals surface area contributed by atoms with E-state index >= 15 is 0 Å². The van der Waals surface area contributed by atoms with E-state index in [1.54, 1.807) is 18.3 Å². The van der Waals surface area contributed by atoms with E-state index in [1.807, 2.05) is 37.3 Å². The number of benzene rings is 2. The second kappa shape index (κ2) is 8.19. The Labute approximate surface area is 184 Å². The van der Waals surface area contributed by atoms with Gasteiger partial charge in [-0.15, -0.1) is 0 Å². The van der Waals surface area contributed by atoms with Crippen molar-refractivity contribution < 1.29 is 4.39 Å². The minimum atomic E-state index is -0.294. The number of rotatable bonds is 5. The molecule has 0 radical (unpaired) electrons. The zero-order valence-electron chi connectivity index (χ0n) is 17.7. The average molecular weight is 424 g/mol. The molecule has 7 heteroatoms. The Morgan fingerprint density at radius 1 is 0.969 bits per heavy atom. The van der Waals surface area contributed by atoms with Gasteiger partial charge in [0.1, 0.15) is 5.82 Å². The molecule has 2 N–H and O–H groups in total. The molecule has 158 valence electrons. The number of hydrogen-bond donors (Lipinski definition) is 2. The maximum Gasteiger partial charge on any atom is 0.223 e. The zero-order chi connectivity index (χ0) is 22.1. The van der Waals surface area contributed by atoms with E-state index in [0.717, 1.165) is 33.5 Å². The third-order valence-corrected chi connectivity index (χ3v) is 5.44. The molecule has 0 bridgehead atoms. The van der Waals surface area contributed by atoms with E-state index in [2.05, 4.69) is 39.6 Å². The monoisotopic (exact) mass is 424 g/mol. The van der Waals surface area contributed by atoms with Crippen LogP contribution in [0.1, 0.15) is 24.2 Å². The summed E-state index contributed by atoms with van der Waals surface area (Å²) in [7, 11) is 0. The molecule has 0 saturated carbocycles. The molecule has 0 aliphatic carbocycles. The number of pyridine rings is 1. The van der Waals surface area contributed by atoms with Crippen LogP contribution in [-0.4, -0.2) is 25.1 Å². The Kier molecular flexibility index (Phi) is 5.07. The maximum atomic E-state index is 13.5. The third-order valence-electron chi connectivity index (χ3n) is 5.44. The number of nitrogens with one attached hydrogen (secondary N) is 2. The van der Waals surface area contributed by atoms with E-state index in [0.29, 0.717) is 17.3 Å². The minimum Gasteiger partial charge on any atom is -0.348 e. The van der Waals surface area contributed by atoms with Gasteiger partial charge in [0.15, 0.2) is 5.65 Å². The van der Waals surface area contributed by atoms with Crippen LogP contribution in [-0.2, 0) is 0 Å². The molecule has 32 heavy (non-hydrogen) atoms. The summed E-state index contributed by atoms with van der Waals surface area (Å²) in [5, 5.41) is 11.5. The molecular formula is C25H21FN6. The van der Waals surface area contributed by atoms with Gasteiger partial charge in [-0.3, -0.25) is 5.10 Å². The number of nitrogens with zero attached hydrogens (tertiary/aromatic N) is 4. The second-order valence-electron chi connectivity index (χ2n) is 7.64. The van der Waals surface area contributed by atoms with Gasteiger partial charge in [0.05, 0.1) is 23.1 Å². The molecular weight excluding hydrogens is 403 g/mol. The highest BCUT2D eigenvalue weighted by Gasteiger charge is 2.16. The lowest BCUT2D eigenvalue weighted by molar-refractivity contribution is 0.628. The molecule has 5 rings (SSSR count). The van der Waals surface area contributed by atoms with E-state index in [9.17, 15) is 4.39 Å². The largest absolute Gasteiger partial charge is 0.348 e. The molecule has 6 nitrogen and oxygen atoms in total. The molecule has 2 aromatic carbocycles. The standard InChI is InChI=1S/C25H21FN6/c1-15(17-6-4-3-5-7-17)28-25-27-13-12-22(29-25)21-14-20-16(2)31-32-24(20)30-23(21)18-8-10-19(26)11-9-18/h3-15H,1-2H3,(H,27,28,29)(H,30,31,32). The highest BCUT2D eigenvalue weighted by molar-refractivity contribution is 5.90. The maximum absolute atomic E-state index is 13.5. The molecule has 0 aliphatic rings. The highest BCUT2D eigenvalue weighted by atomic mass is 19.1. The summed E-state index contributed by atoms with van der Waals surface area (Å²) in [5.41, 5.74) is 5.71. The first kappa shape index (κ1) is 19.8. The van der Waals surface area contributed by atoms with Crippen LogP contribution in [0, 0.1) is 12.7 Å². The smallest absolute Gasteiger partial charge is 0.223 e. The molecule has 1 unspecified atom stereocenters. The van der Waals surface area contributed by atoms with Gasteiger partial charge < -0.3 is 5.32 Å². The van der Waals surface area contributed by atoms with Crippen molar-refractivity contribution in [1.82, 2.24) is 25.1 Å². The third kappa shape index (κ3) is 3.80. The summed E-state index contributed by atoms with van der Waals surface area (Å²) in [6, 6.07) is 20.3. The number of H-pyrrole nitrogens is 1. The topological polar surface area (TPSA) is 79.4 Å². The Morgan fingerprint density at radius 2 is 1.75 bits per heavy atom. The predicted molar refractivity (Wildman–Crippen MR) is 124 cm³/mol. The van der Waals surface area contributed by atoms with E-state index in [-0.39, 0.29) is 11.9 Å². The summed E-state index contributed by atoms with van der Waals surface area (Å²) in [5.74, 6) is 0.227. The van der Waals surface area contributed by atoms with E-state index in [4.69, 9.17) is 9.97 Å². The molecule has 3 aromatic heterocycles. The Bertz CT molecular complexity index is 1380. The fraction of sp³-hybridized carbons (Fsp3) is 0.120. The number of fused-ring (bicyclic) bond motifs is 1. The summed E-state index contributed by atoms with van der Waals surface area (Å²) in [6.07, 6.45) is 1.73. The van der Waals surface area contributed by atoms with Gasteiger partial charge in [-0.1, -0.05) is 30.3 Å². The van der Waals surface area contributed by atoms with Crippen molar-refractivity contribution >= 4 is 17.0 Å². The SMILES string of the molecule is Cc1n[nH]c2nc(-c3ccc(F)cc3)c(-c3ccnc(NC(C)c4ccccc4)n3)cc12. The molecule has 1 atom stereocenters. The van der Waals surface area contributed by atoms with Crippen molar-refractivity contribution in [1.29, 1.82) is 0 Å². The highest BCUT2D eigenvalue weighted by Crippen LogP contribution is 2.33. The van der Waals surface area contributed by atoms with Crippen LogP contribution in [0.4, 0.5) is 10.3 Å². The van der Waals surface area contributed by atoms with Crippen molar-refractivity contribution in [3.8, 4) is 22.5 Å². The number of halogens is 1. The number of aryl methyl sites for hydroxylation is 1. The van der Waals surface area contributed by atoms with Gasteiger partial charge in [0, 0.05) is 22.7 Å². The number of hydrogen-bond acceptors (Lipinski definition) is 5. The van der Waals surface area contributed by atoms with Crippen molar-refractivity contribution in [3.63, 3.8) is 0 Å². The molecule has 0 spiro atoms. The van der Waals surface area contributed by atoms with Crippen LogP contribution in [0.5, 0.6) is 0 Å². The summed E-state index contributed by atoms with van der Waals surface area (Å²) >= 11 is 0. The van der Waals surface area contributed by atoms with Crippen LogP contribution in [0.15, 0.2) is 72.9 Å². The Hall–Kier alpha value is -4.13. The molecule has 0 aliphatic heterocycles. The van der Waals surface area contributed by atoms with Gasteiger partial charge in [-0.2, -0.15) is 5.10 Å². The van der Waals surface area contributed by atoms with Gasteiger partial charge in [0.2, 0.25) is 5.95 Å². The Morgan fingerprint density at radius 3 is 2.53 bits per heavy atom. The van der Waals surface area contributed by atoms with Crippen molar-refractivity contribution in [2.75, 3.05) is 5.32 Å².